The van der Waals surface area contributed by atoms with Crippen molar-refractivity contribution >= 4 is 23.4 Å². The van der Waals surface area contributed by atoms with E-state index in [1.165, 1.54) is 17.3 Å². The van der Waals surface area contributed by atoms with Crippen molar-refractivity contribution in [2.24, 2.45) is 7.05 Å². The van der Waals surface area contributed by atoms with Crippen molar-refractivity contribution in [3.63, 3.8) is 0 Å². The lowest BCUT2D eigenvalue weighted by atomic mass is 10.1. The van der Waals surface area contributed by atoms with Gasteiger partial charge in [0.2, 0.25) is 5.91 Å². The summed E-state index contributed by atoms with van der Waals surface area (Å²) in [6.45, 7) is 4.06. The summed E-state index contributed by atoms with van der Waals surface area (Å²) in [6, 6.07) is 5.92. The van der Waals surface area contributed by atoms with Crippen LogP contribution >= 0.6 is 11.8 Å². The lowest BCUT2D eigenvalue weighted by molar-refractivity contribution is -0.708. The zero-order chi connectivity index (χ0) is 13.8. The largest absolute Gasteiger partial charge is 0.325 e. The summed E-state index contributed by atoms with van der Waals surface area (Å²) in [7, 11) is 1.95. The molecule has 2 aromatic rings. The van der Waals surface area contributed by atoms with E-state index in [9.17, 15) is 4.79 Å². The van der Waals surface area contributed by atoms with Crippen LogP contribution in [-0.4, -0.2) is 16.6 Å². The fourth-order valence-corrected chi connectivity index (χ4v) is 2.50. The number of aromatic amines is 1. The normalized spacial score (nSPS) is 10.5. The SMILES string of the molecule is Cc1cccc(NC(=O)CSc2[nH]cc[n+]2C)c1C. The number of thioether (sulfide) groups is 1. The van der Waals surface area contributed by atoms with E-state index in [0.29, 0.717) is 5.75 Å². The van der Waals surface area contributed by atoms with E-state index >= 15 is 0 Å². The van der Waals surface area contributed by atoms with Gasteiger partial charge in [-0.3, -0.25) is 4.79 Å². The molecule has 0 bridgehead atoms. The van der Waals surface area contributed by atoms with Gasteiger partial charge in [0.1, 0.15) is 12.4 Å². The number of carbonyl (C=O) groups is 1. The second-order valence-electron chi connectivity index (χ2n) is 4.46. The molecule has 1 aromatic carbocycles. The Labute approximate surface area is 117 Å². The third-order valence-electron chi connectivity index (χ3n) is 3.04. The molecule has 0 fully saturated rings. The number of anilines is 1. The molecule has 0 aliphatic heterocycles. The lowest BCUT2D eigenvalue weighted by Gasteiger charge is -2.09. The molecule has 2 rings (SSSR count). The Hall–Kier alpha value is -1.75. The molecule has 5 heteroatoms. The molecule has 2 N–H and O–H groups in total. The summed E-state index contributed by atoms with van der Waals surface area (Å²) in [4.78, 5) is 15.0. The molecule has 1 aromatic heterocycles. The van der Waals surface area contributed by atoms with Gasteiger partial charge >= 0.3 is 5.16 Å². The predicted molar refractivity (Wildman–Crippen MR) is 77.2 cm³/mol. The van der Waals surface area contributed by atoms with E-state index in [4.69, 9.17) is 0 Å². The number of aryl methyl sites for hydroxylation is 2. The van der Waals surface area contributed by atoms with Crippen LogP contribution in [0.3, 0.4) is 0 Å². The highest BCUT2D eigenvalue weighted by Crippen LogP contribution is 2.18. The molecule has 19 heavy (non-hydrogen) atoms. The third kappa shape index (κ3) is 3.38. The van der Waals surface area contributed by atoms with Crippen molar-refractivity contribution < 1.29 is 9.36 Å². The van der Waals surface area contributed by atoms with Crippen LogP contribution in [0.1, 0.15) is 11.1 Å². The second-order valence-corrected chi connectivity index (χ2v) is 5.42. The Morgan fingerprint density at radius 3 is 2.89 bits per heavy atom. The molecule has 0 aliphatic rings. The van der Waals surface area contributed by atoms with Crippen LogP contribution in [0.4, 0.5) is 5.69 Å². The predicted octanol–water partition coefficient (Wildman–Crippen LogP) is 2.19. The third-order valence-corrected chi connectivity index (χ3v) is 4.13. The zero-order valence-electron chi connectivity index (χ0n) is 11.4. The molecule has 0 saturated carbocycles. The molecule has 1 heterocycles. The monoisotopic (exact) mass is 276 g/mol. The first-order valence-electron chi connectivity index (χ1n) is 6.10. The summed E-state index contributed by atoms with van der Waals surface area (Å²) in [5.41, 5.74) is 3.19. The highest BCUT2D eigenvalue weighted by atomic mass is 32.2. The number of H-pyrrole nitrogens is 1. The zero-order valence-corrected chi connectivity index (χ0v) is 12.2. The van der Waals surface area contributed by atoms with Gasteiger partial charge in [-0.25, -0.2) is 9.55 Å². The Bertz CT molecular complexity index is 592. The Kier molecular flexibility index (Phi) is 4.27. The number of rotatable bonds is 4. The first-order chi connectivity index (χ1) is 9.08. The minimum Gasteiger partial charge on any atom is -0.325 e. The van der Waals surface area contributed by atoms with Gasteiger partial charge in [-0.2, -0.15) is 0 Å². The number of nitrogens with zero attached hydrogens (tertiary/aromatic N) is 1. The number of aromatic nitrogens is 2. The van der Waals surface area contributed by atoms with Crippen LogP contribution < -0.4 is 9.88 Å². The van der Waals surface area contributed by atoms with Crippen molar-refractivity contribution in [2.75, 3.05) is 11.1 Å². The van der Waals surface area contributed by atoms with Gasteiger partial charge in [0.15, 0.2) is 0 Å². The van der Waals surface area contributed by atoms with E-state index < -0.39 is 0 Å². The lowest BCUT2D eigenvalue weighted by Crippen LogP contribution is -2.28. The maximum Gasteiger partial charge on any atom is 0.316 e. The minimum absolute atomic E-state index is 0.00769. The van der Waals surface area contributed by atoms with E-state index in [2.05, 4.69) is 10.3 Å². The highest BCUT2D eigenvalue weighted by Gasteiger charge is 2.11. The smallest absolute Gasteiger partial charge is 0.316 e. The summed E-state index contributed by atoms with van der Waals surface area (Å²) in [5.74, 6) is 0.398. The second kappa shape index (κ2) is 5.93. The Balaban J connectivity index is 1.95. The van der Waals surface area contributed by atoms with E-state index in [0.717, 1.165) is 16.4 Å². The van der Waals surface area contributed by atoms with Crippen LogP contribution in [0.5, 0.6) is 0 Å². The van der Waals surface area contributed by atoms with Gasteiger partial charge in [0, 0.05) is 5.69 Å². The van der Waals surface area contributed by atoms with Crippen LogP contribution in [0.2, 0.25) is 0 Å². The molecule has 1 amide bonds. The molecule has 0 aliphatic carbocycles. The summed E-state index contributed by atoms with van der Waals surface area (Å²) in [5, 5.41) is 3.92. The topological polar surface area (TPSA) is 48.8 Å². The molecule has 0 radical (unpaired) electrons. The molecular formula is C14H18N3OS+. The molecule has 0 unspecified atom stereocenters. The standard InChI is InChI=1S/C14H17N3OS/c1-10-5-4-6-12(11(10)2)16-13(18)9-19-14-15-7-8-17(14)3/h4-8H,9H2,1-3H3,(H,16,18)/p+1. The number of hydrogen-bond donors (Lipinski definition) is 2. The first-order valence-corrected chi connectivity index (χ1v) is 7.08. The summed E-state index contributed by atoms with van der Waals surface area (Å²) in [6.07, 6.45) is 3.77. The number of benzene rings is 1. The molecule has 100 valence electrons. The van der Waals surface area contributed by atoms with Crippen LogP contribution in [-0.2, 0) is 11.8 Å². The number of nitrogens with one attached hydrogen (secondary N) is 2. The van der Waals surface area contributed by atoms with Gasteiger partial charge in [-0.15, -0.1) is 0 Å². The van der Waals surface area contributed by atoms with E-state index in [1.54, 1.807) is 0 Å². The quantitative estimate of drug-likeness (QED) is 0.664. The van der Waals surface area contributed by atoms with Gasteiger partial charge in [-0.05, 0) is 42.8 Å². The fraction of sp³-hybridized carbons (Fsp3) is 0.286. The molecule has 0 atom stereocenters. The first kappa shape index (κ1) is 13.7. The van der Waals surface area contributed by atoms with Crippen molar-refractivity contribution in [3.8, 4) is 0 Å². The maximum absolute atomic E-state index is 11.9. The fourth-order valence-electron chi connectivity index (χ4n) is 1.74. The van der Waals surface area contributed by atoms with Crippen molar-refractivity contribution in [2.45, 2.75) is 19.0 Å². The average Bonchev–Trinajstić information content (AvgIpc) is 2.78. The van der Waals surface area contributed by atoms with Gasteiger partial charge in [0.05, 0.1) is 12.8 Å². The van der Waals surface area contributed by atoms with Gasteiger partial charge in [0.25, 0.3) is 0 Å². The number of imidazole rings is 1. The summed E-state index contributed by atoms with van der Waals surface area (Å²) < 4.78 is 1.95. The van der Waals surface area contributed by atoms with Crippen molar-refractivity contribution in [1.82, 2.24) is 4.98 Å². The van der Waals surface area contributed by atoms with Crippen LogP contribution in [0.15, 0.2) is 35.7 Å². The van der Waals surface area contributed by atoms with E-state index in [1.807, 2.05) is 56.1 Å². The number of carbonyl (C=O) groups excluding carboxylic acids is 1. The molecule has 4 nitrogen and oxygen atoms in total. The maximum atomic E-state index is 11.9. The molecule has 0 saturated heterocycles. The Morgan fingerprint density at radius 1 is 1.42 bits per heavy atom. The van der Waals surface area contributed by atoms with Gasteiger partial charge < -0.3 is 5.32 Å². The Morgan fingerprint density at radius 2 is 2.21 bits per heavy atom. The van der Waals surface area contributed by atoms with Crippen molar-refractivity contribution in [3.05, 3.63) is 41.7 Å². The highest BCUT2D eigenvalue weighted by molar-refractivity contribution is 7.99. The number of hydrogen-bond acceptors (Lipinski definition) is 2. The van der Waals surface area contributed by atoms with Crippen LogP contribution in [0.25, 0.3) is 0 Å². The van der Waals surface area contributed by atoms with Gasteiger partial charge in [-0.1, -0.05) is 12.1 Å². The average molecular weight is 276 g/mol. The minimum atomic E-state index is 0.00769. The van der Waals surface area contributed by atoms with Crippen LogP contribution in [0, 0.1) is 13.8 Å². The van der Waals surface area contributed by atoms with Crippen molar-refractivity contribution in [1.29, 1.82) is 0 Å². The summed E-state index contributed by atoms with van der Waals surface area (Å²) >= 11 is 1.49. The molecule has 0 spiro atoms. The molecular weight excluding hydrogens is 258 g/mol. The van der Waals surface area contributed by atoms with E-state index in [-0.39, 0.29) is 5.91 Å². The number of amides is 1.